The van der Waals surface area contributed by atoms with Gasteiger partial charge >= 0.3 is 0 Å². The summed E-state index contributed by atoms with van der Waals surface area (Å²) < 4.78 is 0. The predicted octanol–water partition coefficient (Wildman–Crippen LogP) is 5.91. The van der Waals surface area contributed by atoms with Crippen LogP contribution in [0.25, 0.3) is 0 Å². The van der Waals surface area contributed by atoms with Crippen LogP contribution in [0.2, 0.25) is 0 Å². The zero-order chi connectivity index (χ0) is 12.6. The summed E-state index contributed by atoms with van der Waals surface area (Å²) in [5, 5.41) is 0. The molecule has 0 amide bonds. The molecule has 0 aliphatic heterocycles. The molecular formula is C16H34. The topological polar surface area (TPSA) is 0 Å². The average molecular weight is 226 g/mol. The van der Waals surface area contributed by atoms with E-state index in [1.165, 1.54) is 38.5 Å². The summed E-state index contributed by atoms with van der Waals surface area (Å²) in [5.74, 6) is 3.64. The zero-order valence-corrected chi connectivity index (χ0v) is 12.6. The molecule has 3 unspecified atom stereocenters. The first kappa shape index (κ1) is 16.0. The first-order valence-corrected chi connectivity index (χ1v) is 7.47. The second-order valence-corrected chi connectivity index (χ2v) is 6.37. The van der Waals surface area contributed by atoms with Crippen LogP contribution < -0.4 is 0 Å². The molecule has 0 aromatic carbocycles. The average Bonchev–Trinajstić information content (AvgIpc) is 2.24. The molecule has 0 N–H and O–H groups in total. The van der Waals surface area contributed by atoms with Gasteiger partial charge in [-0.05, 0) is 23.7 Å². The number of hydrogen-bond donors (Lipinski definition) is 0. The van der Waals surface area contributed by atoms with E-state index >= 15 is 0 Å². The van der Waals surface area contributed by atoms with E-state index < -0.39 is 0 Å². The van der Waals surface area contributed by atoms with Gasteiger partial charge in [-0.1, -0.05) is 80.1 Å². The molecule has 16 heavy (non-hydrogen) atoms. The van der Waals surface area contributed by atoms with E-state index in [9.17, 15) is 0 Å². The fraction of sp³-hybridized carbons (Fsp3) is 1.00. The van der Waals surface area contributed by atoms with Gasteiger partial charge in [-0.2, -0.15) is 0 Å². The van der Waals surface area contributed by atoms with Crippen LogP contribution in [0.5, 0.6) is 0 Å². The monoisotopic (exact) mass is 226 g/mol. The third-order valence-electron chi connectivity index (χ3n) is 4.21. The molecule has 98 valence electrons. The van der Waals surface area contributed by atoms with Crippen molar-refractivity contribution in [3.05, 3.63) is 0 Å². The van der Waals surface area contributed by atoms with Crippen molar-refractivity contribution in [3.63, 3.8) is 0 Å². The van der Waals surface area contributed by atoms with Crippen molar-refractivity contribution in [2.75, 3.05) is 0 Å². The smallest absolute Gasteiger partial charge is 0.0417 e. The highest BCUT2D eigenvalue weighted by Gasteiger charge is 2.11. The molecule has 0 aromatic rings. The van der Waals surface area contributed by atoms with Crippen molar-refractivity contribution < 1.29 is 0 Å². The van der Waals surface area contributed by atoms with Crippen LogP contribution in [-0.4, -0.2) is 0 Å². The molecular weight excluding hydrogens is 192 g/mol. The van der Waals surface area contributed by atoms with Crippen LogP contribution in [0, 0.1) is 23.7 Å². The van der Waals surface area contributed by atoms with Gasteiger partial charge in [-0.15, -0.1) is 0 Å². The maximum absolute atomic E-state index is 2.43. The van der Waals surface area contributed by atoms with E-state index in [-0.39, 0.29) is 0 Å². The predicted molar refractivity (Wildman–Crippen MR) is 75.7 cm³/mol. The SMILES string of the molecule is CCC(C)C(C)CCC(C)CCCC(C)C. The molecule has 0 aliphatic rings. The molecule has 0 nitrogen and oxygen atoms in total. The molecule has 3 atom stereocenters. The molecule has 0 heterocycles. The Morgan fingerprint density at radius 3 is 1.81 bits per heavy atom. The molecule has 0 radical (unpaired) electrons. The Morgan fingerprint density at radius 2 is 1.31 bits per heavy atom. The van der Waals surface area contributed by atoms with Crippen molar-refractivity contribution in [1.29, 1.82) is 0 Å². The maximum Gasteiger partial charge on any atom is -0.0417 e. The standard InChI is InChI=1S/C16H34/c1-7-15(5)16(6)12-11-14(4)10-8-9-13(2)3/h13-16H,7-12H2,1-6H3. The lowest BCUT2D eigenvalue weighted by Crippen LogP contribution is -2.08. The third kappa shape index (κ3) is 8.19. The molecule has 0 fully saturated rings. The largest absolute Gasteiger partial charge is 0.0651 e. The van der Waals surface area contributed by atoms with Gasteiger partial charge in [0.05, 0.1) is 0 Å². The Morgan fingerprint density at radius 1 is 0.688 bits per heavy atom. The van der Waals surface area contributed by atoms with Gasteiger partial charge in [-0.3, -0.25) is 0 Å². The van der Waals surface area contributed by atoms with E-state index in [0.717, 1.165) is 23.7 Å². The first-order valence-electron chi connectivity index (χ1n) is 7.47. The van der Waals surface area contributed by atoms with Crippen molar-refractivity contribution >= 4 is 0 Å². The Kier molecular flexibility index (Phi) is 9.07. The first-order chi connectivity index (χ1) is 7.47. The van der Waals surface area contributed by atoms with Crippen LogP contribution in [0.4, 0.5) is 0 Å². The lowest BCUT2D eigenvalue weighted by Gasteiger charge is -2.20. The van der Waals surface area contributed by atoms with Crippen LogP contribution >= 0.6 is 0 Å². The van der Waals surface area contributed by atoms with Gasteiger partial charge in [-0.25, -0.2) is 0 Å². The van der Waals surface area contributed by atoms with E-state index in [2.05, 4.69) is 41.5 Å². The number of hydrogen-bond acceptors (Lipinski definition) is 0. The van der Waals surface area contributed by atoms with Gasteiger partial charge in [0.2, 0.25) is 0 Å². The van der Waals surface area contributed by atoms with Gasteiger partial charge in [0.25, 0.3) is 0 Å². The Balaban J connectivity index is 3.53. The lowest BCUT2D eigenvalue weighted by atomic mass is 9.86. The van der Waals surface area contributed by atoms with E-state index in [1.54, 1.807) is 0 Å². The van der Waals surface area contributed by atoms with E-state index in [1.807, 2.05) is 0 Å². The minimum atomic E-state index is 0.881. The molecule has 0 bridgehead atoms. The lowest BCUT2D eigenvalue weighted by molar-refractivity contribution is 0.314. The van der Waals surface area contributed by atoms with E-state index in [0.29, 0.717) is 0 Å². The summed E-state index contributed by atoms with van der Waals surface area (Å²) >= 11 is 0. The van der Waals surface area contributed by atoms with Gasteiger partial charge in [0, 0.05) is 0 Å². The van der Waals surface area contributed by atoms with Gasteiger partial charge in [0.15, 0.2) is 0 Å². The van der Waals surface area contributed by atoms with Crippen LogP contribution in [0.15, 0.2) is 0 Å². The van der Waals surface area contributed by atoms with Crippen LogP contribution in [0.3, 0.4) is 0 Å². The Labute approximate surface area is 104 Å². The Bertz CT molecular complexity index is 148. The summed E-state index contributed by atoms with van der Waals surface area (Å²) in [6, 6.07) is 0. The van der Waals surface area contributed by atoms with Crippen LogP contribution in [0.1, 0.15) is 80.1 Å². The van der Waals surface area contributed by atoms with Gasteiger partial charge in [0.1, 0.15) is 0 Å². The minimum Gasteiger partial charge on any atom is -0.0651 e. The van der Waals surface area contributed by atoms with E-state index in [4.69, 9.17) is 0 Å². The zero-order valence-electron chi connectivity index (χ0n) is 12.6. The van der Waals surface area contributed by atoms with Crippen molar-refractivity contribution in [3.8, 4) is 0 Å². The highest BCUT2D eigenvalue weighted by Crippen LogP contribution is 2.24. The molecule has 0 saturated carbocycles. The quantitative estimate of drug-likeness (QED) is 0.458. The third-order valence-corrected chi connectivity index (χ3v) is 4.21. The normalized spacial score (nSPS) is 17.4. The minimum absolute atomic E-state index is 0.881. The van der Waals surface area contributed by atoms with Crippen molar-refractivity contribution in [2.24, 2.45) is 23.7 Å². The fourth-order valence-electron chi connectivity index (χ4n) is 2.25. The molecule has 0 aliphatic carbocycles. The summed E-state index contributed by atoms with van der Waals surface area (Å²) in [6.45, 7) is 14.2. The fourth-order valence-corrected chi connectivity index (χ4v) is 2.25. The molecule has 0 spiro atoms. The molecule has 0 saturated heterocycles. The van der Waals surface area contributed by atoms with Gasteiger partial charge < -0.3 is 0 Å². The second-order valence-electron chi connectivity index (χ2n) is 6.37. The van der Waals surface area contributed by atoms with Crippen LogP contribution in [-0.2, 0) is 0 Å². The highest BCUT2D eigenvalue weighted by molar-refractivity contribution is 4.63. The maximum atomic E-state index is 2.43. The summed E-state index contributed by atoms with van der Waals surface area (Å²) in [7, 11) is 0. The summed E-state index contributed by atoms with van der Waals surface area (Å²) in [6.07, 6.45) is 8.47. The van der Waals surface area contributed by atoms with Crippen molar-refractivity contribution in [1.82, 2.24) is 0 Å². The molecule has 0 aromatic heterocycles. The Hall–Kier alpha value is 0. The highest BCUT2D eigenvalue weighted by atomic mass is 14.2. The van der Waals surface area contributed by atoms with Crippen molar-refractivity contribution in [2.45, 2.75) is 80.1 Å². The molecule has 0 heteroatoms. The summed E-state index contributed by atoms with van der Waals surface area (Å²) in [4.78, 5) is 0. The summed E-state index contributed by atoms with van der Waals surface area (Å²) in [5.41, 5.74) is 0. The second kappa shape index (κ2) is 9.07. The number of rotatable bonds is 9. The molecule has 0 rings (SSSR count).